The fourth-order valence-electron chi connectivity index (χ4n) is 1.60. The maximum absolute atomic E-state index is 12.4. The Morgan fingerprint density at radius 1 is 1.09 bits per heavy atom. The molecule has 2 aromatic rings. The molecule has 1 heterocycles. The highest BCUT2D eigenvalue weighted by molar-refractivity contribution is 7.92. The van der Waals surface area contributed by atoms with Gasteiger partial charge >= 0.3 is 12.1 Å². The van der Waals surface area contributed by atoms with Gasteiger partial charge in [-0.1, -0.05) is 0 Å². The van der Waals surface area contributed by atoms with E-state index in [1.165, 1.54) is 24.3 Å². The molecule has 122 valence electrons. The molecule has 0 saturated carbocycles. The standard InChI is InChI=1S/C13H9F3N2O4S/c14-13(15,16)11-6-5-10(7-17-11)23(21,22)18-9-3-1-8(2-4-9)12(19)20/h1-7,18H,(H,19,20). The van der Waals surface area contributed by atoms with Crippen LogP contribution >= 0.6 is 0 Å². The average Bonchev–Trinajstić information content (AvgIpc) is 2.46. The fourth-order valence-corrected chi connectivity index (χ4v) is 2.60. The molecule has 0 aliphatic carbocycles. The molecular formula is C13H9F3N2O4S. The number of carbonyl (C=O) groups is 1. The Morgan fingerprint density at radius 3 is 2.13 bits per heavy atom. The molecule has 1 aromatic carbocycles. The summed E-state index contributed by atoms with van der Waals surface area (Å²) in [5.74, 6) is -1.17. The van der Waals surface area contributed by atoms with E-state index >= 15 is 0 Å². The maximum atomic E-state index is 12.4. The fraction of sp³-hybridized carbons (Fsp3) is 0.0769. The second-order valence-corrected chi connectivity index (χ2v) is 6.05. The summed E-state index contributed by atoms with van der Waals surface area (Å²) in [6.07, 6.45) is -4.07. The van der Waals surface area contributed by atoms with Gasteiger partial charge in [-0.05, 0) is 36.4 Å². The third kappa shape index (κ3) is 3.97. The molecule has 0 amide bonds. The molecule has 0 aliphatic heterocycles. The number of rotatable bonds is 4. The van der Waals surface area contributed by atoms with E-state index in [0.29, 0.717) is 12.3 Å². The number of nitrogens with one attached hydrogen (secondary N) is 1. The summed E-state index contributed by atoms with van der Waals surface area (Å²) in [4.78, 5) is 13.3. The molecule has 2 rings (SSSR count). The molecule has 0 spiro atoms. The number of nitrogens with zero attached hydrogens (tertiary/aromatic N) is 1. The zero-order valence-corrected chi connectivity index (χ0v) is 12.0. The van der Waals surface area contributed by atoms with Crippen LogP contribution in [-0.4, -0.2) is 24.5 Å². The number of halogens is 3. The summed E-state index contributed by atoms with van der Waals surface area (Å²) in [6, 6.07) is 6.15. The smallest absolute Gasteiger partial charge is 0.433 e. The molecule has 6 nitrogen and oxygen atoms in total. The number of hydrogen-bond donors (Lipinski definition) is 2. The van der Waals surface area contributed by atoms with Crippen LogP contribution in [0.25, 0.3) is 0 Å². The second kappa shape index (κ2) is 5.88. The van der Waals surface area contributed by atoms with E-state index in [2.05, 4.69) is 9.71 Å². The lowest BCUT2D eigenvalue weighted by Gasteiger charge is -2.09. The lowest BCUT2D eigenvalue weighted by molar-refractivity contribution is -0.141. The molecule has 0 saturated heterocycles. The van der Waals surface area contributed by atoms with Crippen LogP contribution in [0.2, 0.25) is 0 Å². The highest BCUT2D eigenvalue weighted by Crippen LogP contribution is 2.28. The van der Waals surface area contributed by atoms with Gasteiger partial charge in [0.05, 0.1) is 5.56 Å². The van der Waals surface area contributed by atoms with Crippen LogP contribution in [0.1, 0.15) is 16.1 Å². The number of pyridine rings is 1. The Bertz CT molecular complexity index is 816. The maximum Gasteiger partial charge on any atom is 0.433 e. The number of hydrogen-bond acceptors (Lipinski definition) is 4. The van der Waals surface area contributed by atoms with E-state index in [4.69, 9.17) is 5.11 Å². The number of alkyl halides is 3. The van der Waals surface area contributed by atoms with E-state index in [9.17, 15) is 26.4 Å². The number of sulfonamides is 1. The van der Waals surface area contributed by atoms with E-state index in [-0.39, 0.29) is 11.3 Å². The van der Waals surface area contributed by atoms with Crippen molar-refractivity contribution in [1.29, 1.82) is 0 Å². The van der Waals surface area contributed by atoms with Crippen molar-refractivity contribution in [2.75, 3.05) is 4.72 Å². The van der Waals surface area contributed by atoms with Gasteiger partial charge in [-0.2, -0.15) is 13.2 Å². The molecule has 10 heteroatoms. The lowest BCUT2D eigenvalue weighted by Crippen LogP contribution is -2.15. The summed E-state index contributed by atoms with van der Waals surface area (Å²) < 4.78 is 63.4. The first-order valence-corrected chi connectivity index (χ1v) is 7.47. The molecule has 0 unspecified atom stereocenters. The van der Waals surface area contributed by atoms with Crippen molar-refractivity contribution in [3.63, 3.8) is 0 Å². The van der Waals surface area contributed by atoms with Gasteiger partial charge < -0.3 is 5.11 Å². The van der Waals surface area contributed by atoms with Crippen LogP contribution in [0.5, 0.6) is 0 Å². The Morgan fingerprint density at radius 2 is 1.70 bits per heavy atom. The van der Waals surface area contributed by atoms with Gasteiger partial charge in [0.25, 0.3) is 10.0 Å². The van der Waals surface area contributed by atoms with E-state index in [1.54, 1.807) is 0 Å². The summed E-state index contributed by atoms with van der Waals surface area (Å²) in [6.45, 7) is 0. The zero-order chi connectivity index (χ0) is 17.3. The van der Waals surface area contributed by atoms with E-state index in [0.717, 1.165) is 6.07 Å². The SMILES string of the molecule is O=C(O)c1ccc(NS(=O)(=O)c2ccc(C(F)(F)F)nc2)cc1. The van der Waals surface area contributed by atoms with Crippen molar-refractivity contribution in [3.8, 4) is 0 Å². The topological polar surface area (TPSA) is 96.4 Å². The first kappa shape index (κ1) is 16.7. The first-order chi connectivity index (χ1) is 10.6. The van der Waals surface area contributed by atoms with Crippen molar-refractivity contribution in [2.45, 2.75) is 11.1 Å². The van der Waals surface area contributed by atoms with Gasteiger partial charge in [-0.15, -0.1) is 0 Å². The van der Waals surface area contributed by atoms with Crippen molar-refractivity contribution in [1.82, 2.24) is 4.98 Å². The van der Waals surface area contributed by atoms with Crippen LogP contribution < -0.4 is 4.72 Å². The second-order valence-electron chi connectivity index (χ2n) is 4.36. The monoisotopic (exact) mass is 346 g/mol. The highest BCUT2D eigenvalue weighted by Gasteiger charge is 2.32. The Labute approximate surface area is 128 Å². The van der Waals surface area contributed by atoms with Crippen LogP contribution in [0.3, 0.4) is 0 Å². The average molecular weight is 346 g/mol. The van der Waals surface area contributed by atoms with E-state index < -0.39 is 32.8 Å². The van der Waals surface area contributed by atoms with Crippen LogP contribution in [0.4, 0.5) is 18.9 Å². The molecule has 0 bridgehead atoms. The van der Waals surface area contributed by atoms with Gasteiger partial charge in [-0.25, -0.2) is 13.2 Å². The lowest BCUT2D eigenvalue weighted by atomic mass is 10.2. The quantitative estimate of drug-likeness (QED) is 0.887. The number of aromatic carboxylic acids is 1. The number of aromatic nitrogens is 1. The predicted octanol–water partition coefficient (Wildman–Crippen LogP) is 2.60. The third-order valence-corrected chi connectivity index (χ3v) is 4.09. The van der Waals surface area contributed by atoms with Gasteiger partial charge in [-0.3, -0.25) is 9.71 Å². The van der Waals surface area contributed by atoms with Crippen LogP contribution in [-0.2, 0) is 16.2 Å². The normalized spacial score (nSPS) is 12.0. The molecular weight excluding hydrogens is 337 g/mol. The first-order valence-electron chi connectivity index (χ1n) is 5.99. The largest absolute Gasteiger partial charge is 0.478 e. The van der Waals surface area contributed by atoms with Crippen molar-refractivity contribution in [2.24, 2.45) is 0 Å². The van der Waals surface area contributed by atoms with Crippen LogP contribution in [0.15, 0.2) is 47.5 Å². The summed E-state index contributed by atoms with van der Waals surface area (Å²) in [5.41, 5.74) is -1.18. The summed E-state index contributed by atoms with van der Waals surface area (Å²) >= 11 is 0. The Hall–Kier alpha value is -2.62. The number of carboxylic acid groups (broad SMARTS) is 1. The minimum Gasteiger partial charge on any atom is -0.478 e. The van der Waals surface area contributed by atoms with Crippen molar-refractivity contribution >= 4 is 21.7 Å². The summed E-state index contributed by atoms with van der Waals surface area (Å²) in [7, 11) is -4.14. The van der Waals surface area contributed by atoms with Gasteiger partial charge in [0.1, 0.15) is 10.6 Å². The molecule has 2 N–H and O–H groups in total. The third-order valence-electron chi connectivity index (χ3n) is 2.72. The van der Waals surface area contributed by atoms with Crippen molar-refractivity contribution in [3.05, 3.63) is 53.9 Å². The Kier molecular flexibility index (Phi) is 4.28. The highest BCUT2D eigenvalue weighted by atomic mass is 32.2. The predicted molar refractivity (Wildman–Crippen MR) is 73.4 cm³/mol. The minimum absolute atomic E-state index is 0.0378. The summed E-state index contributed by atoms with van der Waals surface area (Å²) in [5, 5.41) is 8.74. The Balaban J connectivity index is 2.23. The molecule has 0 aliphatic rings. The van der Waals surface area contributed by atoms with Crippen molar-refractivity contribution < 1.29 is 31.5 Å². The number of benzene rings is 1. The molecule has 0 fully saturated rings. The molecule has 1 aromatic heterocycles. The zero-order valence-electron chi connectivity index (χ0n) is 11.2. The van der Waals surface area contributed by atoms with Crippen LogP contribution in [0, 0.1) is 0 Å². The van der Waals surface area contributed by atoms with E-state index in [1.807, 2.05) is 0 Å². The number of carboxylic acids is 1. The minimum atomic E-state index is -4.66. The molecule has 0 radical (unpaired) electrons. The van der Waals surface area contributed by atoms with Gasteiger partial charge in [0.15, 0.2) is 0 Å². The van der Waals surface area contributed by atoms with Gasteiger partial charge in [0.2, 0.25) is 0 Å². The molecule has 23 heavy (non-hydrogen) atoms. The number of anilines is 1. The van der Waals surface area contributed by atoms with Gasteiger partial charge in [0, 0.05) is 11.9 Å². The molecule has 0 atom stereocenters.